The molecule has 0 aliphatic carbocycles. The van der Waals surface area contributed by atoms with Gasteiger partial charge in [0.15, 0.2) is 16.4 Å². The van der Waals surface area contributed by atoms with Gasteiger partial charge in [-0.1, -0.05) is 11.1 Å². The fraction of sp³-hybridized carbons (Fsp3) is 0.625. The predicted octanol–water partition coefficient (Wildman–Crippen LogP) is 0.201. The van der Waals surface area contributed by atoms with E-state index in [2.05, 4.69) is 11.1 Å². The van der Waals surface area contributed by atoms with E-state index in [1.807, 2.05) is 0 Å². The summed E-state index contributed by atoms with van der Waals surface area (Å²) in [4.78, 5) is 4.70. The number of hydrogen-bond acceptors (Lipinski definition) is 4. The van der Waals surface area contributed by atoms with Gasteiger partial charge in [-0.05, 0) is 12.8 Å². The summed E-state index contributed by atoms with van der Waals surface area (Å²) in [5, 5.41) is 3.66. The first kappa shape index (κ1) is 10.1. The number of terminal acetylenes is 1. The Kier molecular flexibility index (Phi) is 3.32. The molecule has 1 aliphatic heterocycles. The highest BCUT2D eigenvalue weighted by Gasteiger charge is 2.21. The summed E-state index contributed by atoms with van der Waals surface area (Å²) >= 11 is 0. The summed E-state index contributed by atoms with van der Waals surface area (Å²) < 4.78 is 22.2. The maximum atomic E-state index is 11.1. The van der Waals surface area contributed by atoms with Crippen molar-refractivity contribution >= 4 is 15.5 Å². The van der Waals surface area contributed by atoms with E-state index in [1.165, 1.54) is 0 Å². The topological polar surface area (TPSA) is 55.7 Å². The van der Waals surface area contributed by atoms with Crippen LogP contribution in [0, 0.1) is 12.3 Å². The first-order valence-corrected chi connectivity index (χ1v) is 5.78. The van der Waals surface area contributed by atoms with Crippen LogP contribution in [0.15, 0.2) is 5.16 Å². The Morgan fingerprint density at radius 1 is 1.62 bits per heavy atom. The number of sulfone groups is 1. The number of oxime groups is 1. The van der Waals surface area contributed by atoms with E-state index in [-0.39, 0.29) is 18.1 Å². The lowest BCUT2D eigenvalue weighted by molar-refractivity contribution is 0.179. The molecule has 1 fully saturated rings. The Morgan fingerprint density at radius 3 is 3.00 bits per heavy atom. The third kappa shape index (κ3) is 3.47. The molecule has 0 amide bonds. The number of hydrogen-bond donors (Lipinski definition) is 0. The first-order chi connectivity index (χ1) is 6.14. The lowest BCUT2D eigenvalue weighted by Crippen LogP contribution is -2.25. The molecule has 4 nitrogen and oxygen atoms in total. The van der Waals surface area contributed by atoms with Crippen LogP contribution in [0.25, 0.3) is 0 Å². The zero-order valence-electron chi connectivity index (χ0n) is 7.19. The number of rotatable bonds is 2. The molecule has 0 bridgehead atoms. The smallest absolute Gasteiger partial charge is 0.177 e. The maximum Gasteiger partial charge on any atom is 0.177 e. The van der Waals surface area contributed by atoms with Gasteiger partial charge in [-0.15, -0.1) is 6.42 Å². The fourth-order valence-electron chi connectivity index (χ4n) is 1.13. The second kappa shape index (κ2) is 4.28. The Morgan fingerprint density at radius 2 is 2.38 bits per heavy atom. The van der Waals surface area contributed by atoms with Crippen molar-refractivity contribution in [3.05, 3.63) is 0 Å². The average molecular weight is 201 g/mol. The van der Waals surface area contributed by atoms with E-state index < -0.39 is 9.84 Å². The Labute approximate surface area is 77.9 Å². The van der Waals surface area contributed by atoms with Crippen LogP contribution in [0.3, 0.4) is 0 Å². The molecular weight excluding hydrogens is 190 g/mol. The van der Waals surface area contributed by atoms with Crippen molar-refractivity contribution < 1.29 is 13.3 Å². The summed E-state index contributed by atoms with van der Waals surface area (Å²) in [7, 11) is -2.93. The van der Waals surface area contributed by atoms with Crippen LogP contribution >= 0.6 is 0 Å². The average Bonchev–Trinajstić information content (AvgIpc) is 2.03. The zero-order chi connectivity index (χ0) is 9.73. The van der Waals surface area contributed by atoms with E-state index in [0.717, 1.165) is 0 Å². The van der Waals surface area contributed by atoms with Crippen molar-refractivity contribution in [1.82, 2.24) is 0 Å². The largest absolute Gasteiger partial charge is 0.383 e. The van der Waals surface area contributed by atoms with Gasteiger partial charge in [0.05, 0.1) is 17.2 Å². The van der Waals surface area contributed by atoms with E-state index in [4.69, 9.17) is 11.3 Å². The molecule has 1 aliphatic rings. The van der Waals surface area contributed by atoms with E-state index in [0.29, 0.717) is 18.6 Å². The molecule has 0 aromatic heterocycles. The lowest BCUT2D eigenvalue weighted by atomic mass is 10.2. The van der Waals surface area contributed by atoms with Crippen molar-refractivity contribution in [3.63, 3.8) is 0 Å². The summed E-state index contributed by atoms with van der Waals surface area (Å²) in [5.74, 6) is 2.51. The van der Waals surface area contributed by atoms with Gasteiger partial charge in [-0.3, -0.25) is 0 Å². The Balaban J connectivity index is 2.53. The highest BCUT2D eigenvalue weighted by Crippen LogP contribution is 2.09. The molecule has 1 saturated heterocycles. The first-order valence-electron chi connectivity index (χ1n) is 3.95. The van der Waals surface area contributed by atoms with Gasteiger partial charge >= 0.3 is 0 Å². The van der Waals surface area contributed by atoms with Crippen LogP contribution in [0.4, 0.5) is 0 Å². The predicted molar refractivity (Wildman–Crippen MR) is 50.1 cm³/mol. The minimum atomic E-state index is -2.93. The standard InChI is InChI=1S/C8H11NO3S/c1-2-5-12-9-8-4-3-6-13(10,11)7-8/h1H,3-7H2/b9-8+. The quantitative estimate of drug-likeness (QED) is 0.364. The van der Waals surface area contributed by atoms with Crippen molar-refractivity contribution in [1.29, 1.82) is 0 Å². The summed E-state index contributed by atoms with van der Waals surface area (Å²) in [6, 6.07) is 0. The van der Waals surface area contributed by atoms with Crippen LogP contribution in [-0.2, 0) is 14.7 Å². The van der Waals surface area contributed by atoms with Gasteiger partial charge in [-0.2, -0.15) is 0 Å². The monoisotopic (exact) mass is 201 g/mol. The van der Waals surface area contributed by atoms with E-state index in [9.17, 15) is 8.42 Å². The SMILES string of the molecule is C#CCO/N=C1\CCCS(=O)(=O)C1. The van der Waals surface area contributed by atoms with Gasteiger partial charge in [0, 0.05) is 0 Å². The van der Waals surface area contributed by atoms with Crippen LogP contribution < -0.4 is 0 Å². The molecule has 0 spiro atoms. The Hall–Kier alpha value is -1.02. The molecule has 5 heteroatoms. The number of nitrogens with zero attached hydrogens (tertiary/aromatic N) is 1. The van der Waals surface area contributed by atoms with Crippen molar-refractivity contribution in [2.75, 3.05) is 18.1 Å². The third-order valence-electron chi connectivity index (χ3n) is 1.65. The summed E-state index contributed by atoms with van der Waals surface area (Å²) in [6.07, 6.45) is 6.24. The molecule has 13 heavy (non-hydrogen) atoms. The third-order valence-corrected chi connectivity index (χ3v) is 3.33. The van der Waals surface area contributed by atoms with Crippen LogP contribution in [0.5, 0.6) is 0 Å². The van der Waals surface area contributed by atoms with Gasteiger partial charge < -0.3 is 4.84 Å². The zero-order valence-corrected chi connectivity index (χ0v) is 8.01. The molecule has 0 saturated carbocycles. The highest BCUT2D eigenvalue weighted by atomic mass is 32.2. The summed E-state index contributed by atoms with van der Waals surface area (Å²) in [5.41, 5.74) is 0.571. The minimum Gasteiger partial charge on any atom is -0.383 e. The molecule has 0 aromatic rings. The van der Waals surface area contributed by atoms with Gasteiger partial charge in [0.1, 0.15) is 0 Å². The van der Waals surface area contributed by atoms with Gasteiger partial charge in [-0.25, -0.2) is 8.42 Å². The molecular formula is C8H11NO3S. The van der Waals surface area contributed by atoms with E-state index >= 15 is 0 Å². The normalized spacial score (nSPS) is 23.8. The molecule has 1 rings (SSSR count). The second-order valence-electron chi connectivity index (χ2n) is 2.83. The molecule has 0 aromatic carbocycles. The molecule has 0 atom stereocenters. The van der Waals surface area contributed by atoms with Crippen LogP contribution in [-0.4, -0.2) is 32.2 Å². The minimum absolute atomic E-state index is 0.0115. The van der Waals surface area contributed by atoms with Crippen molar-refractivity contribution in [2.24, 2.45) is 5.16 Å². The van der Waals surface area contributed by atoms with Gasteiger partial charge in [0.2, 0.25) is 0 Å². The van der Waals surface area contributed by atoms with Crippen LogP contribution in [0.1, 0.15) is 12.8 Å². The maximum absolute atomic E-state index is 11.1. The molecule has 0 N–H and O–H groups in total. The fourth-order valence-corrected chi connectivity index (χ4v) is 2.56. The van der Waals surface area contributed by atoms with Crippen LogP contribution in [0.2, 0.25) is 0 Å². The van der Waals surface area contributed by atoms with Gasteiger partial charge in [0.25, 0.3) is 0 Å². The molecule has 0 unspecified atom stereocenters. The van der Waals surface area contributed by atoms with E-state index in [1.54, 1.807) is 0 Å². The Bertz CT molecular complexity index is 337. The lowest BCUT2D eigenvalue weighted by Gasteiger charge is -2.12. The highest BCUT2D eigenvalue weighted by molar-refractivity contribution is 7.92. The van der Waals surface area contributed by atoms with Crippen molar-refractivity contribution in [2.45, 2.75) is 12.8 Å². The molecule has 0 radical (unpaired) electrons. The molecule has 1 heterocycles. The van der Waals surface area contributed by atoms with Crippen molar-refractivity contribution in [3.8, 4) is 12.3 Å². The second-order valence-corrected chi connectivity index (χ2v) is 5.01. The molecule has 72 valence electrons. The summed E-state index contributed by atoms with van der Waals surface area (Å²) in [6.45, 7) is 0.0869.